The lowest BCUT2D eigenvalue weighted by atomic mass is 9.92. The van der Waals surface area contributed by atoms with Crippen molar-refractivity contribution < 1.29 is 4.79 Å². The second-order valence-corrected chi connectivity index (χ2v) is 5.94. The number of hydrogen-bond donors (Lipinski definition) is 2. The minimum atomic E-state index is 0.0848. The summed E-state index contributed by atoms with van der Waals surface area (Å²) in [5, 5.41) is 2.96. The van der Waals surface area contributed by atoms with E-state index in [0.717, 1.165) is 32.2 Å². The molecule has 1 aromatic rings. The van der Waals surface area contributed by atoms with Gasteiger partial charge in [-0.15, -0.1) is 0 Å². The van der Waals surface area contributed by atoms with Gasteiger partial charge in [-0.25, -0.2) is 0 Å². The van der Waals surface area contributed by atoms with Crippen LogP contribution in [0, 0.1) is 5.92 Å². The van der Waals surface area contributed by atoms with Gasteiger partial charge in [-0.3, -0.25) is 4.79 Å². The van der Waals surface area contributed by atoms with Crippen LogP contribution in [0.1, 0.15) is 50.3 Å². The molecule has 0 fully saturated rings. The van der Waals surface area contributed by atoms with E-state index in [1.54, 1.807) is 0 Å². The first-order valence-corrected chi connectivity index (χ1v) is 7.27. The Morgan fingerprint density at radius 2 is 2.32 bits per heavy atom. The largest absolute Gasteiger partial charge is 0.355 e. The summed E-state index contributed by atoms with van der Waals surface area (Å²) in [6.45, 7) is 5.48. The SMILES string of the molecule is CC(C)CCNC(=O)Cn1cc2c(c1)C(N)CCC2. The number of nitrogens with zero attached hydrogens (tertiary/aromatic N) is 1. The zero-order valence-electron chi connectivity index (χ0n) is 12.0. The normalized spacial score (nSPS) is 18.4. The fourth-order valence-corrected chi connectivity index (χ4v) is 2.60. The second kappa shape index (κ2) is 6.24. The predicted octanol–water partition coefficient (Wildman–Crippen LogP) is 1.99. The Hall–Kier alpha value is -1.29. The molecule has 4 nitrogen and oxygen atoms in total. The van der Waals surface area contributed by atoms with Gasteiger partial charge in [0.1, 0.15) is 6.54 Å². The highest BCUT2D eigenvalue weighted by Gasteiger charge is 2.19. The maximum Gasteiger partial charge on any atom is 0.239 e. The van der Waals surface area contributed by atoms with Crippen molar-refractivity contribution in [2.24, 2.45) is 11.7 Å². The van der Waals surface area contributed by atoms with Gasteiger partial charge in [-0.1, -0.05) is 13.8 Å². The molecule has 1 amide bonds. The van der Waals surface area contributed by atoms with Crippen LogP contribution in [0.4, 0.5) is 0 Å². The quantitative estimate of drug-likeness (QED) is 0.853. The van der Waals surface area contributed by atoms with Crippen molar-refractivity contribution in [3.8, 4) is 0 Å². The van der Waals surface area contributed by atoms with Crippen LogP contribution in [0.25, 0.3) is 0 Å². The Balaban J connectivity index is 1.87. The zero-order chi connectivity index (χ0) is 13.8. The summed E-state index contributed by atoms with van der Waals surface area (Å²) in [5.74, 6) is 0.707. The lowest BCUT2D eigenvalue weighted by Crippen LogP contribution is -2.28. The summed E-state index contributed by atoms with van der Waals surface area (Å²) >= 11 is 0. The Labute approximate surface area is 115 Å². The van der Waals surface area contributed by atoms with Crippen LogP contribution in [0.15, 0.2) is 12.4 Å². The maximum absolute atomic E-state index is 11.8. The summed E-state index contributed by atoms with van der Waals surface area (Å²) in [6, 6.07) is 0.147. The highest BCUT2D eigenvalue weighted by Crippen LogP contribution is 2.28. The van der Waals surface area contributed by atoms with Gasteiger partial charge in [0.05, 0.1) is 0 Å². The van der Waals surface area contributed by atoms with Crippen LogP contribution in [0.3, 0.4) is 0 Å². The standard InChI is InChI=1S/C15H25N3O/c1-11(2)6-7-17-15(19)10-18-8-12-4-3-5-14(16)13(12)9-18/h8-9,11,14H,3-7,10,16H2,1-2H3,(H,17,19). The first kappa shape index (κ1) is 14.1. The number of fused-ring (bicyclic) bond motifs is 1. The third-order valence-electron chi connectivity index (χ3n) is 3.73. The molecule has 1 atom stereocenters. The zero-order valence-corrected chi connectivity index (χ0v) is 12.0. The minimum Gasteiger partial charge on any atom is -0.355 e. The lowest BCUT2D eigenvalue weighted by Gasteiger charge is -2.17. The van der Waals surface area contributed by atoms with Gasteiger partial charge in [0.2, 0.25) is 5.91 Å². The topological polar surface area (TPSA) is 60.0 Å². The summed E-state index contributed by atoms with van der Waals surface area (Å²) in [4.78, 5) is 11.8. The molecule has 3 N–H and O–H groups in total. The van der Waals surface area contributed by atoms with Crippen LogP contribution in [-0.2, 0) is 17.8 Å². The Kier molecular flexibility index (Phi) is 4.64. The van der Waals surface area contributed by atoms with E-state index < -0.39 is 0 Å². The number of aromatic nitrogens is 1. The molecule has 1 heterocycles. The Bertz CT molecular complexity index is 437. The number of amides is 1. The van der Waals surface area contributed by atoms with Gasteiger partial charge >= 0.3 is 0 Å². The summed E-state index contributed by atoms with van der Waals surface area (Å²) in [5.41, 5.74) is 8.63. The molecular weight excluding hydrogens is 238 g/mol. The number of carbonyl (C=O) groups is 1. The lowest BCUT2D eigenvalue weighted by molar-refractivity contribution is -0.121. The van der Waals surface area contributed by atoms with E-state index in [1.807, 2.05) is 10.8 Å². The van der Waals surface area contributed by atoms with Crippen molar-refractivity contribution in [1.82, 2.24) is 9.88 Å². The van der Waals surface area contributed by atoms with E-state index in [2.05, 4.69) is 25.4 Å². The van der Waals surface area contributed by atoms with Crippen LogP contribution in [-0.4, -0.2) is 17.0 Å². The molecule has 0 spiro atoms. The van der Waals surface area contributed by atoms with Crippen LogP contribution < -0.4 is 11.1 Å². The van der Waals surface area contributed by atoms with Gasteiger partial charge in [0, 0.05) is 25.0 Å². The fourth-order valence-electron chi connectivity index (χ4n) is 2.60. The molecule has 4 heteroatoms. The molecule has 106 valence electrons. The molecule has 1 aromatic heterocycles. The first-order chi connectivity index (χ1) is 9.06. The van der Waals surface area contributed by atoms with E-state index in [1.165, 1.54) is 11.1 Å². The molecule has 1 aliphatic carbocycles. The Morgan fingerprint density at radius 1 is 1.53 bits per heavy atom. The van der Waals surface area contributed by atoms with Crippen molar-refractivity contribution in [3.05, 3.63) is 23.5 Å². The summed E-state index contributed by atoms with van der Waals surface area (Å²) < 4.78 is 1.97. The van der Waals surface area contributed by atoms with Gasteiger partial charge in [-0.2, -0.15) is 0 Å². The highest BCUT2D eigenvalue weighted by atomic mass is 16.1. The van der Waals surface area contributed by atoms with Crippen molar-refractivity contribution in [3.63, 3.8) is 0 Å². The molecule has 0 radical (unpaired) electrons. The number of nitrogens with two attached hydrogens (primary N) is 1. The first-order valence-electron chi connectivity index (χ1n) is 7.27. The highest BCUT2D eigenvalue weighted by molar-refractivity contribution is 5.75. The fraction of sp³-hybridized carbons (Fsp3) is 0.667. The second-order valence-electron chi connectivity index (χ2n) is 5.94. The van der Waals surface area contributed by atoms with Crippen molar-refractivity contribution in [2.45, 2.75) is 52.1 Å². The number of hydrogen-bond acceptors (Lipinski definition) is 2. The third kappa shape index (κ3) is 3.83. The van der Waals surface area contributed by atoms with Gasteiger partial charge < -0.3 is 15.6 Å². The van der Waals surface area contributed by atoms with Crippen molar-refractivity contribution >= 4 is 5.91 Å². The molecule has 2 rings (SSSR count). The monoisotopic (exact) mass is 263 g/mol. The van der Waals surface area contributed by atoms with Crippen LogP contribution in [0.5, 0.6) is 0 Å². The smallest absolute Gasteiger partial charge is 0.239 e. The predicted molar refractivity (Wildman–Crippen MR) is 76.8 cm³/mol. The van der Waals surface area contributed by atoms with Crippen molar-refractivity contribution in [1.29, 1.82) is 0 Å². The molecule has 0 saturated heterocycles. The molecule has 0 bridgehead atoms. The Morgan fingerprint density at radius 3 is 3.00 bits per heavy atom. The van der Waals surface area contributed by atoms with Crippen LogP contribution in [0.2, 0.25) is 0 Å². The molecule has 0 aromatic carbocycles. The summed E-state index contributed by atoms with van der Waals surface area (Å²) in [6.07, 6.45) is 8.44. The maximum atomic E-state index is 11.8. The van der Waals surface area contributed by atoms with Gasteiger partial charge in [0.15, 0.2) is 0 Å². The minimum absolute atomic E-state index is 0.0848. The average Bonchev–Trinajstić information content (AvgIpc) is 2.72. The molecule has 0 aliphatic heterocycles. The molecule has 1 aliphatic rings. The third-order valence-corrected chi connectivity index (χ3v) is 3.73. The average molecular weight is 263 g/mol. The van der Waals surface area contributed by atoms with E-state index in [9.17, 15) is 4.79 Å². The number of carbonyl (C=O) groups excluding carboxylic acids is 1. The van der Waals surface area contributed by atoms with Gasteiger partial charge in [-0.05, 0) is 42.7 Å². The molecule has 19 heavy (non-hydrogen) atoms. The van der Waals surface area contributed by atoms with Gasteiger partial charge in [0.25, 0.3) is 0 Å². The molecule has 0 saturated carbocycles. The number of rotatable bonds is 5. The van der Waals surface area contributed by atoms with E-state index >= 15 is 0 Å². The number of aryl methyl sites for hydroxylation is 1. The van der Waals surface area contributed by atoms with E-state index in [4.69, 9.17) is 5.73 Å². The number of nitrogens with one attached hydrogen (secondary N) is 1. The van der Waals surface area contributed by atoms with E-state index in [0.29, 0.717) is 12.5 Å². The summed E-state index contributed by atoms with van der Waals surface area (Å²) in [7, 11) is 0. The van der Waals surface area contributed by atoms with Crippen LogP contribution >= 0.6 is 0 Å². The molecule has 1 unspecified atom stereocenters. The van der Waals surface area contributed by atoms with Crippen molar-refractivity contribution in [2.75, 3.05) is 6.54 Å². The van der Waals surface area contributed by atoms with E-state index in [-0.39, 0.29) is 11.9 Å². The molecular formula is C15H25N3O.